The first-order chi connectivity index (χ1) is 12.6. The lowest BCUT2D eigenvalue weighted by molar-refractivity contribution is 0.0940. The highest BCUT2D eigenvalue weighted by molar-refractivity contribution is 6.02. The Morgan fingerprint density at radius 3 is 2.58 bits per heavy atom. The second-order valence-corrected chi connectivity index (χ2v) is 5.80. The van der Waals surface area contributed by atoms with Gasteiger partial charge in [0.15, 0.2) is 5.69 Å². The summed E-state index contributed by atoms with van der Waals surface area (Å²) in [5, 5.41) is 5.52. The topological polar surface area (TPSA) is 75.5 Å². The molecule has 0 fully saturated rings. The van der Waals surface area contributed by atoms with E-state index in [9.17, 15) is 14.0 Å². The molecule has 0 unspecified atom stereocenters. The van der Waals surface area contributed by atoms with Crippen LogP contribution in [-0.2, 0) is 6.54 Å². The smallest absolute Gasteiger partial charge is 0.287 e. The second kappa shape index (κ2) is 7.77. The standard InChI is InChI=1S/C19H19FN4O2/c1-2-10-21-18(25)16-15-5-3-4-11-24(15)17(23-16)19(26)22-12-13-6-8-14(20)9-7-13/h3-9,11H,2,10,12H2,1H3,(H,21,25)(H,22,26). The molecule has 26 heavy (non-hydrogen) atoms. The van der Waals surface area contributed by atoms with E-state index in [2.05, 4.69) is 15.6 Å². The Labute approximate surface area is 150 Å². The van der Waals surface area contributed by atoms with E-state index in [1.165, 1.54) is 12.1 Å². The number of rotatable bonds is 6. The van der Waals surface area contributed by atoms with Gasteiger partial charge in [0.2, 0.25) is 5.82 Å². The van der Waals surface area contributed by atoms with Crippen molar-refractivity contribution in [1.29, 1.82) is 0 Å². The van der Waals surface area contributed by atoms with E-state index in [4.69, 9.17) is 0 Å². The van der Waals surface area contributed by atoms with Gasteiger partial charge in [0.05, 0.1) is 5.52 Å². The van der Waals surface area contributed by atoms with Crippen LogP contribution in [0.15, 0.2) is 48.7 Å². The number of nitrogens with zero attached hydrogens (tertiary/aromatic N) is 2. The van der Waals surface area contributed by atoms with Gasteiger partial charge in [0.25, 0.3) is 11.8 Å². The molecule has 0 bridgehead atoms. The van der Waals surface area contributed by atoms with Gasteiger partial charge in [-0.05, 0) is 36.2 Å². The number of aromatic nitrogens is 2. The normalized spacial score (nSPS) is 10.7. The molecule has 2 heterocycles. The van der Waals surface area contributed by atoms with Crippen LogP contribution < -0.4 is 10.6 Å². The summed E-state index contributed by atoms with van der Waals surface area (Å²) >= 11 is 0. The van der Waals surface area contributed by atoms with Crippen LogP contribution in [-0.4, -0.2) is 27.7 Å². The van der Waals surface area contributed by atoms with Gasteiger partial charge in [0.1, 0.15) is 5.82 Å². The fourth-order valence-corrected chi connectivity index (χ4v) is 2.55. The fourth-order valence-electron chi connectivity index (χ4n) is 2.55. The molecule has 2 N–H and O–H groups in total. The molecule has 2 amide bonds. The van der Waals surface area contributed by atoms with Crippen LogP contribution in [0.1, 0.15) is 40.0 Å². The third kappa shape index (κ3) is 3.72. The number of imidazole rings is 1. The zero-order chi connectivity index (χ0) is 18.5. The molecular weight excluding hydrogens is 335 g/mol. The molecule has 0 aliphatic carbocycles. The number of fused-ring (bicyclic) bond motifs is 1. The number of hydrogen-bond donors (Lipinski definition) is 2. The molecule has 0 saturated carbocycles. The lowest BCUT2D eigenvalue weighted by Gasteiger charge is -2.04. The van der Waals surface area contributed by atoms with Crippen molar-refractivity contribution in [2.24, 2.45) is 0 Å². The van der Waals surface area contributed by atoms with Crippen LogP contribution in [0.25, 0.3) is 5.52 Å². The van der Waals surface area contributed by atoms with Gasteiger partial charge in [-0.1, -0.05) is 25.1 Å². The van der Waals surface area contributed by atoms with E-state index in [0.717, 1.165) is 12.0 Å². The predicted molar refractivity (Wildman–Crippen MR) is 95.4 cm³/mol. The van der Waals surface area contributed by atoms with Crippen molar-refractivity contribution in [1.82, 2.24) is 20.0 Å². The highest BCUT2D eigenvalue weighted by atomic mass is 19.1. The number of halogens is 1. The molecule has 1 aromatic carbocycles. The van der Waals surface area contributed by atoms with Gasteiger partial charge in [-0.2, -0.15) is 0 Å². The number of amides is 2. The number of hydrogen-bond acceptors (Lipinski definition) is 3. The highest BCUT2D eigenvalue weighted by Gasteiger charge is 2.20. The number of nitrogens with one attached hydrogen (secondary N) is 2. The van der Waals surface area contributed by atoms with E-state index in [-0.39, 0.29) is 29.8 Å². The summed E-state index contributed by atoms with van der Waals surface area (Å²) in [6.07, 6.45) is 2.49. The van der Waals surface area contributed by atoms with Gasteiger partial charge in [0, 0.05) is 19.3 Å². The van der Waals surface area contributed by atoms with Crippen LogP contribution in [0.4, 0.5) is 4.39 Å². The first-order valence-corrected chi connectivity index (χ1v) is 8.38. The van der Waals surface area contributed by atoms with Gasteiger partial charge in [-0.15, -0.1) is 0 Å². The maximum Gasteiger partial charge on any atom is 0.287 e. The van der Waals surface area contributed by atoms with Crippen molar-refractivity contribution in [3.63, 3.8) is 0 Å². The second-order valence-electron chi connectivity index (χ2n) is 5.80. The number of carbonyl (C=O) groups is 2. The van der Waals surface area contributed by atoms with Crippen LogP contribution in [0.5, 0.6) is 0 Å². The maximum absolute atomic E-state index is 13.0. The van der Waals surface area contributed by atoms with Crippen LogP contribution in [0.2, 0.25) is 0 Å². The molecule has 3 rings (SSSR count). The summed E-state index contributed by atoms with van der Waals surface area (Å²) in [5.41, 5.74) is 1.54. The zero-order valence-electron chi connectivity index (χ0n) is 14.3. The summed E-state index contributed by atoms with van der Waals surface area (Å²) in [4.78, 5) is 29.1. The van der Waals surface area contributed by atoms with Crippen LogP contribution in [0.3, 0.4) is 0 Å². The minimum atomic E-state index is -0.412. The van der Waals surface area contributed by atoms with Crippen molar-refractivity contribution in [2.45, 2.75) is 19.9 Å². The van der Waals surface area contributed by atoms with E-state index in [1.807, 2.05) is 6.92 Å². The molecule has 7 heteroatoms. The van der Waals surface area contributed by atoms with Crippen molar-refractivity contribution < 1.29 is 14.0 Å². The van der Waals surface area contributed by atoms with Crippen molar-refractivity contribution in [2.75, 3.05) is 6.54 Å². The van der Waals surface area contributed by atoms with Gasteiger partial charge < -0.3 is 10.6 Å². The SMILES string of the molecule is CCCNC(=O)c1nc(C(=O)NCc2ccc(F)cc2)n2ccccc12. The number of pyridine rings is 1. The summed E-state index contributed by atoms with van der Waals surface area (Å²) in [7, 11) is 0. The monoisotopic (exact) mass is 354 g/mol. The molecule has 0 saturated heterocycles. The molecule has 134 valence electrons. The van der Waals surface area contributed by atoms with E-state index < -0.39 is 5.91 Å². The van der Waals surface area contributed by atoms with Gasteiger partial charge >= 0.3 is 0 Å². The van der Waals surface area contributed by atoms with Crippen molar-refractivity contribution in [3.05, 3.63) is 71.6 Å². The molecule has 0 atom stereocenters. The Hall–Kier alpha value is -3.22. The van der Waals surface area contributed by atoms with Crippen molar-refractivity contribution in [3.8, 4) is 0 Å². The average Bonchev–Trinajstić information content (AvgIpc) is 3.05. The van der Waals surface area contributed by atoms with Crippen LogP contribution in [0, 0.1) is 5.82 Å². The van der Waals surface area contributed by atoms with Crippen molar-refractivity contribution >= 4 is 17.3 Å². The van der Waals surface area contributed by atoms with E-state index >= 15 is 0 Å². The Kier molecular flexibility index (Phi) is 5.26. The molecule has 6 nitrogen and oxygen atoms in total. The fraction of sp³-hybridized carbons (Fsp3) is 0.211. The summed E-state index contributed by atoms with van der Waals surface area (Å²) in [6, 6.07) is 11.2. The first kappa shape index (κ1) is 17.6. The molecule has 0 radical (unpaired) electrons. The van der Waals surface area contributed by atoms with E-state index in [0.29, 0.717) is 12.1 Å². The molecule has 2 aromatic heterocycles. The molecule has 0 aliphatic rings. The van der Waals surface area contributed by atoms with Crippen LogP contribution >= 0.6 is 0 Å². The van der Waals surface area contributed by atoms with Gasteiger partial charge in [-0.3, -0.25) is 14.0 Å². The summed E-state index contributed by atoms with van der Waals surface area (Å²) in [5.74, 6) is -0.926. The van der Waals surface area contributed by atoms with Gasteiger partial charge in [-0.25, -0.2) is 9.37 Å². The highest BCUT2D eigenvalue weighted by Crippen LogP contribution is 2.13. The largest absolute Gasteiger partial charge is 0.351 e. The average molecular weight is 354 g/mol. The molecular formula is C19H19FN4O2. The number of carbonyl (C=O) groups excluding carboxylic acids is 2. The van der Waals surface area contributed by atoms with E-state index in [1.54, 1.807) is 40.9 Å². The predicted octanol–water partition coefficient (Wildman–Crippen LogP) is 2.54. The Bertz CT molecular complexity index is 934. The Balaban J connectivity index is 1.83. The zero-order valence-corrected chi connectivity index (χ0v) is 14.3. The third-order valence-corrected chi connectivity index (χ3v) is 3.87. The summed E-state index contributed by atoms with van der Waals surface area (Å²) in [6.45, 7) is 2.73. The Morgan fingerprint density at radius 1 is 1.08 bits per heavy atom. The maximum atomic E-state index is 13.0. The molecule has 0 aliphatic heterocycles. The minimum absolute atomic E-state index is 0.129. The lowest BCUT2D eigenvalue weighted by atomic mass is 10.2. The lowest BCUT2D eigenvalue weighted by Crippen LogP contribution is -2.26. The number of benzene rings is 1. The quantitative estimate of drug-likeness (QED) is 0.714. The third-order valence-electron chi connectivity index (χ3n) is 3.87. The minimum Gasteiger partial charge on any atom is -0.351 e. The summed E-state index contributed by atoms with van der Waals surface area (Å²) < 4.78 is 14.5. The Morgan fingerprint density at radius 2 is 1.85 bits per heavy atom. The first-order valence-electron chi connectivity index (χ1n) is 8.38. The molecule has 0 spiro atoms. The molecule has 3 aromatic rings.